The van der Waals surface area contributed by atoms with E-state index in [0.29, 0.717) is 0 Å². The second kappa shape index (κ2) is 2.79. The van der Waals surface area contributed by atoms with Gasteiger partial charge in [0.25, 0.3) is 5.56 Å². The van der Waals surface area contributed by atoms with Crippen LogP contribution in [0.5, 0.6) is 0 Å². The van der Waals surface area contributed by atoms with Gasteiger partial charge in [-0.2, -0.15) is 5.10 Å². The lowest BCUT2D eigenvalue weighted by Crippen LogP contribution is -2.38. The zero-order valence-electron chi connectivity index (χ0n) is 6.38. The molecule has 2 rings (SSSR count). The van der Waals surface area contributed by atoms with Gasteiger partial charge in [-0.1, -0.05) is 11.6 Å². The van der Waals surface area contributed by atoms with E-state index in [9.17, 15) is 4.79 Å². The van der Waals surface area contributed by atoms with Gasteiger partial charge >= 0.3 is 0 Å². The summed E-state index contributed by atoms with van der Waals surface area (Å²) < 4.78 is 0. The molecule has 1 aromatic rings. The molecular formula is C7H8ClN3O. The number of anilines is 1. The minimum Gasteiger partial charge on any atom is -0.369 e. The van der Waals surface area contributed by atoms with Crippen molar-refractivity contribution in [3.05, 3.63) is 21.6 Å². The van der Waals surface area contributed by atoms with Crippen molar-refractivity contribution in [2.75, 3.05) is 18.0 Å². The van der Waals surface area contributed by atoms with Crippen molar-refractivity contribution in [1.82, 2.24) is 10.2 Å². The van der Waals surface area contributed by atoms with Crippen LogP contribution in [0.4, 0.5) is 5.69 Å². The van der Waals surface area contributed by atoms with E-state index in [1.807, 2.05) is 4.90 Å². The highest BCUT2D eigenvalue weighted by Crippen LogP contribution is 2.24. The zero-order valence-corrected chi connectivity index (χ0v) is 7.14. The molecular weight excluding hydrogens is 178 g/mol. The van der Waals surface area contributed by atoms with Gasteiger partial charge in [0.1, 0.15) is 5.02 Å². The van der Waals surface area contributed by atoms with E-state index in [1.165, 1.54) is 0 Å². The van der Waals surface area contributed by atoms with Gasteiger partial charge in [0.15, 0.2) is 0 Å². The van der Waals surface area contributed by atoms with Crippen LogP contribution >= 0.6 is 11.6 Å². The Bertz CT molecular complexity index is 345. The largest absolute Gasteiger partial charge is 0.369 e. The molecule has 0 unspecified atom stereocenters. The highest BCUT2D eigenvalue weighted by Gasteiger charge is 2.18. The molecule has 1 saturated heterocycles. The number of H-pyrrole nitrogens is 1. The lowest BCUT2D eigenvalue weighted by molar-refractivity contribution is 0.615. The van der Waals surface area contributed by atoms with E-state index >= 15 is 0 Å². The third-order valence-electron chi connectivity index (χ3n) is 1.97. The van der Waals surface area contributed by atoms with Crippen LogP contribution in [0.25, 0.3) is 0 Å². The quantitative estimate of drug-likeness (QED) is 0.699. The minimum absolute atomic E-state index is 0.240. The number of nitrogens with one attached hydrogen (secondary N) is 1. The van der Waals surface area contributed by atoms with E-state index < -0.39 is 0 Å². The van der Waals surface area contributed by atoms with Crippen LogP contribution in [0.3, 0.4) is 0 Å². The van der Waals surface area contributed by atoms with Crippen molar-refractivity contribution >= 4 is 17.3 Å². The molecule has 0 aliphatic carbocycles. The maximum Gasteiger partial charge on any atom is 0.285 e. The second-order valence-electron chi connectivity index (χ2n) is 2.74. The molecule has 12 heavy (non-hydrogen) atoms. The van der Waals surface area contributed by atoms with Crippen LogP contribution in [0.2, 0.25) is 5.02 Å². The topological polar surface area (TPSA) is 49.0 Å². The fourth-order valence-corrected chi connectivity index (χ4v) is 1.36. The zero-order chi connectivity index (χ0) is 8.55. The molecule has 0 aromatic carbocycles. The van der Waals surface area contributed by atoms with Gasteiger partial charge in [-0.3, -0.25) is 4.79 Å². The van der Waals surface area contributed by atoms with Crippen LogP contribution in [0, 0.1) is 0 Å². The molecule has 5 heteroatoms. The SMILES string of the molecule is O=c1[nH]ncc(N2CCC2)c1Cl. The van der Waals surface area contributed by atoms with Crippen molar-refractivity contribution in [3.8, 4) is 0 Å². The van der Waals surface area contributed by atoms with Gasteiger partial charge in [0, 0.05) is 13.1 Å². The highest BCUT2D eigenvalue weighted by molar-refractivity contribution is 6.33. The van der Waals surface area contributed by atoms with Gasteiger partial charge < -0.3 is 4.90 Å². The van der Waals surface area contributed by atoms with E-state index in [1.54, 1.807) is 6.20 Å². The average Bonchev–Trinajstić information content (AvgIpc) is 1.95. The molecule has 0 saturated carbocycles. The van der Waals surface area contributed by atoms with E-state index in [-0.39, 0.29) is 10.6 Å². The molecule has 0 atom stereocenters. The Kier molecular flexibility index (Phi) is 1.77. The Balaban J connectivity index is 2.42. The van der Waals surface area contributed by atoms with Crippen molar-refractivity contribution < 1.29 is 0 Å². The summed E-state index contributed by atoms with van der Waals surface area (Å²) in [5.41, 5.74) is 0.424. The van der Waals surface area contributed by atoms with E-state index in [2.05, 4.69) is 10.2 Å². The number of rotatable bonds is 1. The lowest BCUT2D eigenvalue weighted by atomic mass is 10.2. The molecule has 1 N–H and O–H groups in total. The molecule has 0 amide bonds. The summed E-state index contributed by atoms with van der Waals surface area (Å²) in [6, 6.07) is 0. The van der Waals surface area contributed by atoms with E-state index in [4.69, 9.17) is 11.6 Å². The van der Waals surface area contributed by atoms with Crippen LogP contribution in [0.15, 0.2) is 11.0 Å². The van der Waals surface area contributed by atoms with Gasteiger partial charge in [-0.15, -0.1) is 0 Å². The Labute approximate surface area is 74.2 Å². The number of hydrogen-bond donors (Lipinski definition) is 1. The van der Waals surface area contributed by atoms with Crippen LogP contribution in [0.1, 0.15) is 6.42 Å². The molecule has 1 aliphatic rings. The first-order valence-corrected chi connectivity index (χ1v) is 4.15. The monoisotopic (exact) mass is 185 g/mol. The molecule has 0 bridgehead atoms. The average molecular weight is 186 g/mol. The molecule has 0 radical (unpaired) electrons. The van der Waals surface area contributed by atoms with Gasteiger partial charge in [-0.05, 0) is 6.42 Å². The predicted octanol–water partition coefficient (Wildman–Crippen LogP) is 0.633. The molecule has 0 spiro atoms. The van der Waals surface area contributed by atoms with Crippen LogP contribution < -0.4 is 10.5 Å². The molecule has 2 heterocycles. The van der Waals surface area contributed by atoms with Crippen molar-refractivity contribution in [1.29, 1.82) is 0 Å². The summed E-state index contributed by atoms with van der Waals surface area (Å²) >= 11 is 5.78. The molecule has 1 fully saturated rings. The number of nitrogens with zero attached hydrogens (tertiary/aromatic N) is 2. The predicted molar refractivity (Wildman–Crippen MR) is 46.7 cm³/mol. The summed E-state index contributed by atoms with van der Waals surface area (Å²) in [5.74, 6) is 0. The fourth-order valence-electron chi connectivity index (χ4n) is 1.15. The maximum absolute atomic E-state index is 11.0. The fraction of sp³-hybridized carbons (Fsp3) is 0.429. The molecule has 1 aliphatic heterocycles. The van der Waals surface area contributed by atoms with Crippen molar-refractivity contribution in [2.45, 2.75) is 6.42 Å². The normalized spacial score (nSPS) is 15.9. The second-order valence-corrected chi connectivity index (χ2v) is 3.12. The molecule has 4 nitrogen and oxygen atoms in total. The van der Waals surface area contributed by atoms with Crippen molar-refractivity contribution in [2.24, 2.45) is 0 Å². The smallest absolute Gasteiger partial charge is 0.285 e. The van der Waals surface area contributed by atoms with E-state index in [0.717, 1.165) is 25.2 Å². The minimum atomic E-state index is -0.318. The standard InChI is InChI=1S/C7H8ClN3O/c8-6-5(11-2-1-3-11)4-9-10-7(6)12/h4H,1-3H2,(H,10,12). The Morgan fingerprint density at radius 1 is 1.58 bits per heavy atom. The van der Waals surface area contributed by atoms with Crippen LogP contribution in [-0.2, 0) is 0 Å². The highest BCUT2D eigenvalue weighted by atomic mass is 35.5. The van der Waals surface area contributed by atoms with Gasteiger partial charge in [-0.25, -0.2) is 5.10 Å². The first-order chi connectivity index (χ1) is 5.79. The summed E-state index contributed by atoms with van der Waals surface area (Å²) in [4.78, 5) is 13.0. The van der Waals surface area contributed by atoms with Crippen molar-refractivity contribution in [3.63, 3.8) is 0 Å². The summed E-state index contributed by atoms with van der Waals surface area (Å²) in [7, 11) is 0. The number of aromatic nitrogens is 2. The Morgan fingerprint density at radius 2 is 2.33 bits per heavy atom. The molecule has 1 aromatic heterocycles. The van der Waals surface area contributed by atoms with Gasteiger partial charge in [0.2, 0.25) is 0 Å². The molecule has 64 valence electrons. The maximum atomic E-state index is 11.0. The summed E-state index contributed by atoms with van der Waals surface area (Å²) in [5, 5.41) is 6.20. The third kappa shape index (κ3) is 1.08. The van der Waals surface area contributed by atoms with Crippen LogP contribution in [-0.4, -0.2) is 23.3 Å². The Morgan fingerprint density at radius 3 is 2.92 bits per heavy atom. The number of aromatic amines is 1. The first-order valence-electron chi connectivity index (χ1n) is 3.77. The lowest BCUT2D eigenvalue weighted by Gasteiger charge is -2.32. The first kappa shape index (κ1) is 7.61. The number of halogens is 1. The van der Waals surface area contributed by atoms with Gasteiger partial charge in [0.05, 0.1) is 11.9 Å². The summed E-state index contributed by atoms with van der Waals surface area (Å²) in [6.45, 7) is 1.93. The summed E-state index contributed by atoms with van der Waals surface area (Å²) in [6.07, 6.45) is 2.74. The Hall–Kier alpha value is -1.03. The number of hydrogen-bond acceptors (Lipinski definition) is 3. The third-order valence-corrected chi connectivity index (χ3v) is 2.34.